The van der Waals surface area contributed by atoms with Crippen molar-refractivity contribution in [3.05, 3.63) is 70.8 Å². The lowest BCUT2D eigenvalue weighted by molar-refractivity contribution is -0.140. The Bertz CT molecular complexity index is 1060. The molecule has 1 N–H and O–H groups in total. The van der Waals surface area contributed by atoms with Crippen molar-refractivity contribution in [1.82, 2.24) is 4.90 Å². The van der Waals surface area contributed by atoms with Crippen molar-refractivity contribution < 1.29 is 24.2 Å². The minimum atomic E-state index is -0.676. The van der Waals surface area contributed by atoms with Gasteiger partial charge in [0.25, 0.3) is 11.7 Å². The van der Waals surface area contributed by atoms with Crippen LogP contribution in [0.2, 0.25) is 0 Å². The maximum atomic E-state index is 13.2. The number of Topliss-reactive ketones (excluding diaryl/α,β-unsaturated/α-hetero) is 1. The Hall–Kier alpha value is -3.12. The van der Waals surface area contributed by atoms with E-state index >= 15 is 0 Å². The van der Waals surface area contributed by atoms with Gasteiger partial charge in [-0.1, -0.05) is 45.0 Å². The van der Waals surface area contributed by atoms with E-state index in [-0.39, 0.29) is 22.9 Å². The van der Waals surface area contributed by atoms with Gasteiger partial charge in [-0.15, -0.1) is 0 Å². The largest absolute Gasteiger partial charge is 0.507 e. The first kappa shape index (κ1) is 23.1. The molecule has 2 aliphatic heterocycles. The number of carbonyl (C=O) groups excluding carboxylic acids is 2. The molecule has 0 unspecified atom stereocenters. The molecule has 6 heteroatoms. The zero-order chi connectivity index (χ0) is 23.8. The van der Waals surface area contributed by atoms with E-state index < -0.39 is 17.7 Å². The van der Waals surface area contributed by atoms with Gasteiger partial charge in [0, 0.05) is 18.7 Å². The summed E-state index contributed by atoms with van der Waals surface area (Å²) in [5, 5.41) is 11.2. The second-order valence-corrected chi connectivity index (χ2v) is 9.69. The van der Waals surface area contributed by atoms with E-state index in [1.54, 1.807) is 36.3 Å². The third-order valence-corrected chi connectivity index (χ3v) is 6.42. The van der Waals surface area contributed by atoms with Crippen molar-refractivity contribution in [2.24, 2.45) is 0 Å². The number of benzene rings is 2. The van der Waals surface area contributed by atoms with E-state index in [9.17, 15) is 14.7 Å². The maximum absolute atomic E-state index is 13.2. The van der Waals surface area contributed by atoms with Crippen LogP contribution in [-0.4, -0.2) is 48.1 Å². The fourth-order valence-electron chi connectivity index (χ4n) is 4.49. The first-order chi connectivity index (χ1) is 15.7. The lowest BCUT2D eigenvalue weighted by Gasteiger charge is -2.28. The molecule has 2 atom stereocenters. The average molecular weight is 450 g/mol. The molecule has 2 fully saturated rings. The van der Waals surface area contributed by atoms with Crippen LogP contribution in [0.15, 0.2) is 54.1 Å². The normalized spacial score (nSPS) is 22.7. The van der Waals surface area contributed by atoms with Crippen molar-refractivity contribution >= 4 is 17.4 Å². The fourth-order valence-corrected chi connectivity index (χ4v) is 4.49. The molecule has 0 spiro atoms. The third-order valence-electron chi connectivity index (χ3n) is 6.42. The highest BCUT2D eigenvalue weighted by molar-refractivity contribution is 6.46. The minimum absolute atomic E-state index is 0.0267. The van der Waals surface area contributed by atoms with E-state index in [1.807, 2.05) is 24.3 Å². The standard InChI is InChI=1S/C27H31NO5/c1-27(2,3)19-11-7-17(8-12-19)23-22(24(29)18-9-13-20(32-4)14-10-18)25(30)26(31)28(23)16-21-6-5-15-33-21/h7-14,21,23,29H,5-6,15-16H2,1-4H3/b24-22+/t21-,23+/m1/s1. The van der Waals surface area contributed by atoms with Crippen LogP contribution in [0.3, 0.4) is 0 Å². The topological polar surface area (TPSA) is 76.1 Å². The number of carbonyl (C=O) groups is 2. The highest BCUT2D eigenvalue weighted by Crippen LogP contribution is 2.40. The van der Waals surface area contributed by atoms with Gasteiger partial charge in [0.15, 0.2) is 0 Å². The number of hydrogen-bond acceptors (Lipinski definition) is 5. The predicted molar refractivity (Wildman–Crippen MR) is 126 cm³/mol. The molecule has 0 saturated carbocycles. The molecule has 0 radical (unpaired) electrons. The Morgan fingerprint density at radius 2 is 1.76 bits per heavy atom. The SMILES string of the molecule is COc1ccc(/C(O)=C2\C(=O)C(=O)N(C[C@H]3CCCO3)[C@H]2c2ccc(C(C)(C)C)cc2)cc1. The molecular formula is C27H31NO5. The minimum Gasteiger partial charge on any atom is -0.507 e. The Morgan fingerprint density at radius 1 is 1.09 bits per heavy atom. The Kier molecular flexibility index (Phi) is 6.30. The predicted octanol–water partition coefficient (Wildman–Crippen LogP) is 4.59. The Morgan fingerprint density at radius 3 is 2.30 bits per heavy atom. The van der Waals surface area contributed by atoms with Crippen LogP contribution in [0, 0.1) is 0 Å². The van der Waals surface area contributed by atoms with Gasteiger partial charge < -0.3 is 19.5 Å². The second kappa shape index (κ2) is 9.02. The molecule has 1 amide bonds. The van der Waals surface area contributed by atoms with Gasteiger partial charge in [0.2, 0.25) is 0 Å². The number of hydrogen-bond donors (Lipinski definition) is 1. The number of aliphatic hydroxyl groups excluding tert-OH is 1. The van der Waals surface area contributed by atoms with Crippen LogP contribution >= 0.6 is 0 Å². The number of methoxy groups -OCH3 is 1. The molecule has 6 nitrogen and oxygen atoms in total. The first-order valence-electron chi connectivity index (χ1n) is 11.4. The number of aliphatic hydroxyl groups is 1. The lowest BCUT2D eigenvalue weighted by Crippen LogP contribution is -2.36. The van der Waals surface area contributed by atoms with Crippen molar-refractivity contribution in [3.8, 4) is 5.75 Å². The number of ketones is 1. The van der Waals surface area contributed by atoms with Crippen molar-refractivity contribution in [1.29, 1.82) is 0 Å². The highest BCUT2D eigenvalue weighted by Gasteiger charge is 2.47. The second-order valence-electron chi connectivity index (χ2n) is 9.69. The van der Waals surface area contributed by atoms with Gasteiger partial charge in [-0.25, -0.2) is 0 Å². The summed E-state index contributed by atoms with van der Waals surface area (Å²) in [6.07, 6.45) is 1.67. The van der Waals surface area contributed by atoms with Crippen molar-refractivity contribution in [3.63, 3.8) is 0 Å². The van der Waals surface area contributed by atoms with Gasteiger partial charge in [-0.05, 0) is 53.6 Å². The van der Waals surface area contributed by atoms with E-state index in [1.165, 1.54) is 0 Å². The molecule has 174 valence electrons. The van der Waals surface area contributed by atoms with Gasteiger partial charge in [-0.3, -0.25) is 9.59 Å². The smallest absolute Gasteiger partial charge is 0.295 e. The summed E-state index contributed by atoms with van der Waals surface area (Å²) < 4.78 is 10.9. The van der Waals surface area contributed by atoms with Gasteiger partial charge >= 0.3 is 0 Å². The molecule has 2 heterocycles. The number of amides is 1. The Balaban J connectivity index is 1.80. The summed E-state index contributed by atoms with van der Waals surface area (Å²) in [4.78, 5) is 27.8. The molecule has 0 bridgehead atoms. The van der Waals surface area contributed by atoms with Gasteiger partial charge in [0.1, 0.15) is 11.5 Å². The van der Waals surface area contributed by atoms with Crippen LogP contribution in [0.4, 0.5) is 0 Å². The average Bonchev–Trinajstić information content (AvgIpc) is 3.40. The zero-order valence-corrected chi connectivity index (χ0v) is 19.6. The summed E-state index contributed by atoms with van der Waals surface area (Å²) in [5.74, 6) is -0.827. The molecule has 2 saturated heterocycles. The monoisotopic (exact) mass is 449 g/mol. The lowest BCUT2D eigenvalue weighted by atomic mass is 9.85. The maximum Gasteiger partial charge on any atom is 0.295 e. The fraction of sp³-hybridized carbons (Fsp3) is 0.407. The molecule has 33 heavy (non-hydrogen) atoms. The molecule has 0 aromatic heterocycles. The number of rotatable bonds is 5. The van der Waals surface area contributed by atoms with E-state index in [4.69, 9.17) is 9.47 Å². The van der Waals surface area contributed by atoms with Crippen molar-refractivity contribution in [2.75, 3.05) is 20.3 Å². The molecule has 0 aliphatic carbocycles. The number of ether oxygens (including phenoxy) is 2. The van der Waals surface area contributed by atoms with Crippen LogP contribution in [-0.2, 0) is 19.7 Å². The van der Waals surface area contributed by atoms with E-state index in [0.717, 1.165) is 24.0 Å². The highest BCUT2D eigenvalue weighted by atomic mass is 16.5. The molecule has 2 aromatic carbocycles. The van der Waals surface area contributed by atoms with Crippen LogP contribution in [0.25, 0.3) is 5.76 Å². The van der Waals surface area contributed by atoms with Gasteiger partial charge in [-0.2, -0.15) is 0 Å². The molecule has 2 aliphatic rings. The third kappa shape index (κ3) is 4.53. The van der Waals surface area contributed by atoms with E-state index in [2.05, 4.69) is 20.8 Å². The molecule has 4 rings (SSSR count). The van der Waals surface area contributed by atoms with Crippen molar-refractivity contribution in [2.45, 2.75) is 51.2 Å². The van der Waals surface area contributed by atoms with Crippen LogP contribution in [0.1, 0.15) is 56.3 Å². The molecular weight excluding hydrogens is 418 g/mol. The Labute approximate surface area is 194 Å². The van der Waals surface area contributed by atoms with E-state index in [0.29, 0.717) is 24.5 Å². The zero-order valence-electron chi connectivity index (χ0n) is 19.6. The molecule has 2 aromatic rings. The quantitative estimate of drug-likeness (QED) is 0.410. The number of likely N-dealkylation sites (tertiary alicyclic amines) is 1. The number of nitrogens with zero attached hydrogens (tertiary/aromatic N) is 1. The summed E-state index contributed by atoms with van der Waals surface area (Å²) in [6.45, 7) is 7.38. The van der Waals surface area contributed by atoms with Gasteiger partial charge in [0.05, 0.1) is 24.8 Å². The summed E-state index contributed by atoms with van der Waals surface area (Å²) in [5.41, 5.74) is 2.47. The first-order valence-corrected chi connectivity index (χ1v) is 11.4. The summed E-state index contributed by atoms with van der Waals surface area (Å²) >= 11 is 0. The van der Waals surface area contributed by atoms with Crippen LogP contribution in [0.5, 0.6) is 5.75 Å². The summed E-state index contributed by atoms with van der Waals surface area (Å²) in [7, 11) is 1.56. The summed E-state index contributed by atoms with van der Waals surface area (Å²) in [6, 6.07) is 14.1. The van der Waals surface area contributed by atoms with Crippen LogP contribution < -0.4 is 4.74 Å².